The second-order valence-corrected chi connectivity index (χ2v) is 6.44. The maximum atomic E-state index is 12.4. The predicted octanol–water partition coefficient (Wildman–Crippen LogP) is 3.91. The lowest BCUT2D eigenvalue weighted by molar-refractivity contribution is 0.0952. The van der Waals surface area contributed by atoms with E-state index in [2.05, 4.69) is 5.32 Å². The van der Waals surface area contributed by atoms with Gasteiger partial charge in [-0.15, -0.1) is 0 Å². The number of ether oxygens (including phenoxy) is 2. The first-order chi connectivity index (χ1) is 12.3. The van der Waals surface area contributed by atoms with Crippen LogP contribution in [0.4, 0.5) is 0 Å². The molecule has 0 bridgehead atoms. The van der Waals surface area contributed by atoms with E-state index in [1.807, 2.05) is 48.5 Å². The van der Waals surface area contributed by atoms with Crippen LogP contribution in [0.3, 0.4) is 0 Å². The van der Waals surface area contributed by atoms with Crippen LogP contribution in [0.5, 0.6) is 5.75 Å². The number of amides is 1. The summed E-state index contributed by atoms with van der Waals surface area (Å²) in [5.41, 5.74) is 2.73. The molecule has 2 aromatic rings. The Balaban J connectivity index is 1.57. The van der Waals surface area contributed by atoms with Gasteiger partial charge in [-0.05, 0) is 60.6 Å². The zero-order chi connectivity index (χ0) is 17.5. The lowest BCUT2D eigenvalue weighted by Gasteiger charge is -2.10. The number of methoxy groups -OCH3 is 1. The monoisotopic (exact) mass is 339 g/mol. The van der Waals surface area contributed by atoms with Crippen molar-refractivity contribution in [2.45, 2.75) is 19.3 Å². The molecule has 0 aromatic heterocycles. The first kappa shape index (κ1) is 17.5. The maximum Gasteiger partial charge on any atom is 0.251 e. The molecule has 1 saturated heterocycles. The average molecular weight is 339 g/mol. The maximum absolute atomic E-state index is 12.4. The van der Waals surface area contributed by atoms with Crippen LogP contribution >= 0.6 is 0 Å². The molecule has 1 aliphatic rings. The SMILES string of the molecule is COc1cccc(-c2cccc(C(=O)NCCC[C@@H]3CCOC3)c2)c1. The van der Waals surface area contributed by atoms with E-state index in [1.54, 1.807) is 7.11 Å². The van der Waals surface area contributed by atoms with Crippen LogP contribution in [0.25, 0.3) is 11.1 Å². The molecule has 3 rings (SSSR count). The highest BCUT2D eigenvalue weighted by Crippen LogP contribution is 2.24. The molecule has 1 heterocycles. The summed E-state index contributed by atoms with van der Waals surface area (Å²) in [6, 6.07) is 15.6. The fourth-order valence-corrected chi connectivity index (χ4v) is 3.15. The number of nitrogens with one attached hydrogen (secondary N) is 1. The Morgan fingerprint density at radius 1 is 1.20 bits per heavy atom. The fraction of sp³-hybridized carbons (Fsp3) is 0.381. The van der Waals surface area contributed by atoms with Gasteiger partial charge in [0.15, 0.2) is 0 Å². The van der Waals surface area contributed by atoms with E-state index in [-0.39, 0.29) is 5.91 Å². The quantitative estimate of drug-likeness (QED) is 0.778. The second kappa shape index (κ2) is 8.67. The third-order valence-corrected chi connectivity index (χ3v) is 4.63. The van der Waals surface area contributed by atoms with Gasteiger partial charge in [-0.25, -0.2) is 0 Å². The van der Waals surface area contributed by atoms with E-state index in [1.165, 1.54) is 0 Å². The number of carbonyl (C=O) groups is 1. The Morgan fingerprint density at radius 3 is 2.76 bits per heavy atom. The minimum atomic E-state index is -0.0209. The van der Waals surface area contributed by atoms with Crippen LogP contribution in [0, 0.1) is 5.92 Å². The summed E-state index contributed by atoms with van der Waals surface area (Å²) >= 11 is 0. The highest BCUT2D eigenvalue weighted by molar-refractivity contribution is 5.95. The molecule has 0 unspecified atom stereocenters. The Hall–Kier alpha value is -2.33. The molecule has 132 valence electrons. The molecular formula is C21H25NO3. The molecule has 0 aliphatic carbocycles. The van der Waals surface area contributed by atoms with Gasteiger partial charge >= 0.3 is 0 Å². The highest BCUT2D eigenvalue weighted by Gasteiger charge is 2.15. The number of hydrogen-bond acceptors (Lipinski definition) is 3. The summed E-state index contributed by atoms with van der Waals surface area (Å²) in [4.78, 5) is 12.4. The highest BCUT2D eigenvalue weighted by atomic mass is 16.5. The van der Waals surface area contributed by atoms with Crippen molar-refractivity contribution in [3.05, 3.63) is 54.1 Å². The largest absolute Gasteiger partial charge is 0.497 e. The van der Waals surface area contributed by atoms with Crippen LogP contribution in [0.1, 0.15) is 29.6 Å². The molecule has 25 heavy (non-hydrogen) atoms. The number of carbonyl (C=O) groups excluding carboxylic acids is 1. The standard InChI is InChI=1S/C21H25NO3/c1-24-20-9-3-7-18(14-20)17-6-2-8-19(13-17)21(23)22-11-4-5-16-10-12-25-15-16/h2-3,6-9,13-14,16H,4-5,10-12,15H2,1H3,(H,22,23)/t16-/m1/s1. The topological polar surface area (TPSA) is 47.6 Å². The van der Waals surface area contributed by atoms with E-state index in [9.17, 15) is 4.79 Å². The van der Waals surface area contributed by atoms with E-state index >= 15 is 0 Å². The van der Waals surface area contributed by atoms with E-state index < -0.39 is 0 Å². The van der Waals surface area contributed by atoms with Crippen LogP contribution in [-0.4, -0.2) is 32.8 Å². The number of rotatable bonds is 7. The summed E-state index contributed by atoms with van der Waals surface area (Å²) in [6.07, 6.45) is 3.26. The second-order valence-electron chi connectivity index (χ2n) is 6.44. The zero-order valence-electron chi connectivity index (χ0n) is 14.7. The van der Waals surface area contributed by atoms with Gasteiger partial charge in [0.05, 0.1) is 7.11 Å². The normalized spacial score (nSPS) is 16.6. The Morgan fingerprint density at radius 2 is 2.00 bits per heavy atom. The Labute approximate surface area is 149 Å². The van der Waals surface area contributed by atoms with Crippen molar-refractivity contribution in [3.8, 4) is 16.9 Å². The molecule has 1 N–H and O–H groups in total. The number of hydrogen-bond donors (Lipinski definition) is 1. The van der Waals surface area contributed by atoms with Crippen LogP contribution in [0.2, 0.25) is 0 Å². The minimum absolute atomic E-state index is 0.0209. The van der Waals surface area contributed by atoms with Gasteiger partial charge in [0, 0.05) is 25.3 Å². The first-order valence-electron chi connectivity index (χ1n) is 8.86. The van der Waals surface area contributed by atoms with Gasteiger partial charge in [0.25, 0.3) is 5.91 Å². The minimum Gasteiger partial charge on any atom is -0.497 e. The summed E-state index contributed by atoms with van der Waals surface area (Å²) in [7, 11) is 1.65. The average Bonchev–Trinajstić information content (AvgIpc) is 3.19. The van der Waals surface area contributed by atoms with E-state index in [0.29, 0.717) is 18.0 Å². The molecule has 4 heteroatoms. The zero-order valence-corrected chi connectivity index (χ0v) is 14.7. The first-order valence-corrected chi connectivity index (χ1v) is 8.86. The van der Waals surface area contributed by atoms with Crippen LogP contribution in [0.15, 0.2) is 48.5 Å². The summed E-state index contributed by atoms with van der Waals surface area (Å²) < 4.78 is 10.7. The van der Waals surface area contributed by atoms with Crippen molar-refractivity contribution in [3.63, 3.8) is 0 Å². The molecule has 1 atom stereocenters. The van der Waals surface area contributed by atoms with Crippen molar-refractivity contribution >= 4 is 5.91 Å². The third-order valence-electron chi connectivity index (χ3n) is 4.63. The molecule has 1 aliphatic heterocycles. The van der Waals surface area contributed by atoms with Gasteiger partial charge in [0.2, 0.25) is 0 Å². The Bertz CT molecular complexity index is 708. The lowest BCUT2D eigenvalue weighted by Crippen LogP contribution is -2.24. The lowest BCUT2D eigenvalue weighted by atomic mass is 10.0. The van der Waals surface area contributed by atoms with Crippen molar-refractivity contribution in [2.75, 3.05) is 26.9 Å². The van der Waals surface area contributed by atoms with Crippen LogP contribution in [-0.2, 0) is 4.74 Å². The van der Waals surface area contributed by atoms with Gasteiger partial charge in [0.1, 0.15) is 5.75 Å². The molecule has 4 nitrogen and oxygen atoms in total. The molecule has 0 spiro atoms. The van der Waals surface area contributed by atoms with Crippen molar-refractivity contribution in [1.29, 1.82) is 0 Å². The Kier molecular flexibility index (Phi) is 6.07. The molecule has 0 radical (unpaired) electrons. The summed E-state index contributed by atoms with van der Waals surface area (Å²) in [6.45, 7) is 2.46. The smallest absolute Gasteiger partial charge is 0.251 e. The van der Waals surface area contributed by atoms with E-state index in [0.717, 1.165) is 49.4 Å². The van der Waals surface area contributed by atoms with Gasteiger partial charge in [-0.1, -0.05) is 24.3 Å². The van der Waals surface area contributed by atoms with Crippen molar-refractivity contribution < 1.29 is 14.3 Å². The molecule has 1 fully saturated rings. The molecule has 0 saturated carbocycles. The molecular weight excluding hydrogens is 314 g/mol. The summed E-state index contributed by atoms with van der Waals surface area (Å²) in [5.74, 6) is 1.45. The summed E-state index contributed by atoms with van der Waals surface area (Å²) in [5, 5.41) is 3.02. The van der Waals surface area contributed by atoms with Gasteiger partial charge < -0.3 is 14.8 Å². The van der Waals surface area contributed by atoms with Crippen LogP contribution < -0.4 is 10.1 Å². The predicted molar refractivity (Wildman–Crippen MR) is 98.9 cm³/mol. The third kappa shape index (κ3) is 4.83. The molecule has 2 aromatic carbocycles. The fourth-order valence-electron chi connectivity index (χ4n) is 3.15. The van der Waals surface area contributed by atoms with E-state index in [4.69, 9.17) is 9.47 Å². The van der Waals surface area contributed by atoms with Gasteiger partial charge in [-0.2, -0.15) is 0 Å². The van der Waals surface area contributed by atoms with Gasteiger partial charge in [-0.3, -0.25) is 4.79 Å². The number of benzene rings is 2. The molecule has 1 amide bonds. The van der Waals surface area contributed by atoms with Crippen molar-refractivity contribution in [2.24, 2.45) is 5.92 Å². The van der Waals surface area contributed by atoms with Crippen molar-refractivity contribution in [1.82, 2.24) is 5.32 Å².